The van der Waals surface area contributed by atoms with E-state index >= 15 is 0 Å². The van der Waals surface area contributed by atoms with Crippen molar-refractivity contribution in [1.82, 2.24) is 9.55 Å². The highest BCUT2D eigenvalue weighted by molar-refractivity contribution is 5.91. The largest absolute Gasteiger partial charge is 0.461 e. The summed E-state index contributed by atoms with van der Waals surface area (Å²) in [6.45, 7) is 1.78. The van der Waals surface area contributed by atoms with Crippen LogP contribution in [-0.2, 0) is 11.8 Å². The van der Waals surface area contributed by atoms with E-state index in [-0.39, 0.29) is 18.1 Å². The first-order chi connectivity index (χ1) is 6.57. The van der Waals surface area contributed by atoms with Gasteiger partial charge in [-0.1, -0.05) is 0 Å². The maximum atomic E-state index is 11.2. The van der Waals surface area contributed by atoms with E-state index in [0.29, 0.717) is 0 Å². The average molecular weight is 199 g/mol. The third kappa shape index (κ3) is 1.70. The van der Waals surface area contributed by atoms with Gasteiger partial charge in [0.1, 0.15) is 0 Å². The Balaban J connectivity index is 3.09. The van der Waals surface area contributed by atoms with E-state index in [9.17, 15) is 14.9 Å². The van der Waals surface area contributed by atoms with Crippen LogP contribution in [0.3, 0.4) is 0 Å². The number of nitrogens with zero attached hydrogens (tertiary/aromatic N) is 3. The van der Waals surface area contributed by atoms with Crippen molar-refractivity contribution in [2.45, 2.75) is 6.92 Å². The molecule has 0 bridgehead atoms. The van der Waals surface area contributed by atoms with Gasteiger partial charge in [-0.2, -0.15) is 0 Å². The number of carbonyl (C=O) groups excluding carboxylic acids is 1. The summed E-state index contributed by atoms with van der Waals surface area (Å²) in [6, 6.07) is 0. The van der Waals surface area contributed by atoms with Gasteiger partial charge in [0, 0.05) is 0 Å². The molecule has 1 aromatic rings. The molecule has 0 saturated carbocycles. The molecule has 1 rings (SSSR count). The second-order valence-corrected chi connectivity index (χ2v) is 2.51. The van der Waals surface area contributed by atoms with Crippen molar-refractivity contribution in [3.63, 3.8) is 0 Å². The molecule has 0 atom stereocenters. The molecule has 0 unspecified atom stereocenters. The van der Waals surface area contributed by atoms with Crippen molar-refractivity contribution in [2.75, 3.05) is 6.61 Å². The summed E-state index contributed by atoms with van der Waals surface area (Å²) < 4.78 is 5.77. The number of carbonyl (C=O) groups is 1. The molecule has 0 aromatic carbocycles. The van der Waals surface area contributed by atoms with Crippen LogP contribution in [0.1, 0.15) is 17.4 Å². The number of rotatable bonds is 3. The summed E-state index contributed by atoms with van der Waals surface area (Å²) in [7, 11) is 1.44. The highest BCUT2D eigenvalue weighted by atomic mass is 16.6. The molecule has 76 valence electrons. The quantitative estimate of drug-likeness (QED) is 0.402. The fourth-order valence-electron chi connectivity index (χ4n) is 0.983. The lowest BCUT2D eigenvalue weighted by Gasteiger charge is -1.98. The molecule has 7 heteroatoms. The molecule has 0 radical (unpaired) electrons. The van der Waals surface area contributed by atoms with Crippen LogP contribution in [0.25, 0.3) is 0 Å². The zero-order valence-corrected chi connectivity index (χ0v) is 7.76. The fraction of sp³-hybridized carbons (Fsp3) is 0.429. The third-order valence-corrected chi connectivity index (χ3v) is 1.55. The molecular weight excluding hydrogens is 190 g/mol. The van der Waals surface area contributed by atoms with Gasteiger partial charge in [0.25, 0.3) is 0 Å². The lowest BCUT2D eigenvalue weighted by atomic mass is 10.4. The van der Waals surface area contributed by atoms with Gasteiger partial charge >= 0.3 is 11.8 Å². The third-order valence-electron chi connectivity index (χ3n) is 1.55. The molecule has 0 aliphatic rings. The zero-order valence-electron chi connectivity index (χ0n) is 7.76. The van der Waals surface area contributed by atoms with E-state index in [2.05, 4.69) is 9.72 Å². The molecule has 0 fully saturated rings. The van der Waals surface area contributed by atoms with E-state index in [0.717, 1.165) is 4.57 Å². The van der Waals surface area contributed by atoms with Crippen LogP contribution in [0.5, 0.6) is 0 Å². The molecule has 14 heavy (non-hydrogen) atoms. The van der Waals surface area contributed by atoms with Crippen LogP contribution in [0, 0.1) is 10.1 Å². The predicted octanol–water partition coefficient (Wildman–Crippen LogP) is 0.505. The Morgan fingerprint density at radius 3 is 2.93 bits per heavy atom. The Hall–Kier alpha value is -1.92. The maximum Gasteiger partial charge on any atom is 0.365 e. The van der Waals surface area contributed by atoms with Crippen molar-refractivity contribution in [3.05, 3.63) is 22.1 Å². The molecule has 0 saturated heterocycles. The maximum absolute atomic E-state index is 11.2. The van der Waals surface area contributed by atoms with E-state index in [1.807, 2.05) is 0 Å². The van der Waals surface area contributed by atoms with E-state index < -0.39 is 10.9 Å². The van der Waals surface area contributed by atoms with Crippen LogP contribution < -0.4 is 0 Å². The Bertz CT molecular complexity index is 371. The van der Waals surface area contributed by atoms with Crippen molar-refractivity contribution < 1.29 is 14.5 Å². The molecule has 0 N–H and O–H groups in total. The first-order valence-corrected chi connectivity index (χ1v) is 3.90. The first-order valence-electron chi connectivity index (χ1n) is 3.90. The van der Waals surface area contributed by atoms with Crippen molar-refractivity contribution in [1.29, 1.82) is 0 Å². The number of esters is 1. The molecule has 0 spiro atoms. The van der Waals surface area contributed by atoms with E-state index in [1.165, 1.54) is 13.4 Å². The van der Waals surface area contributed by atoms with Crippen molar-refractivity contribution >= 4 is 11.8 Å². The van der Waals surface area contributed by atoms with Crippen molar-refractivity contribution in [2.24, 2.45) is 7.05 Å². The lowest BCUT2D eigenvalue weighted by molar-refractivity contribution is -0.392. The monoisotopic (exact) mass is 199 g/mol. The predicted molar refractivity (Wildman–Crippen MR) is 45.8 cm³/mol. The fourth-order valence-corrected chi connectivity index (χ4v) is 0.983. The molecule has 0 aliphatic heterocycles. The normalized spacial score (nSPS) is 9.86. The minimum absolute atomic E-state index is 0.159. The Morgan fingerprint density at radius 2 is 2.43 bits per heavy atom. The van der Waals surface area contributed by atoms with Gasteiger partial charge in [-0.15, -0.1) is 0 Å². The summed E-state index contributed by atoms with van der Waals surface area (Å²) >= 11 is 0. The second-order valence-electron chi connectivity index (χ2n) is 2.51. The first kappa shape index (κ1) is 10.2. The lowest BCUT2D eigenvalue weighted by Crippen LogP contribution is -2.09. The minimum Gasteiger partial charge on any atom is -0.461 e. The summed E-state index contributed by atoms with van der Waals surface area (Å²) in [6.07, 6.45) is 1.20. The summed E-state index contributed by atoms with van der Waals surface area (Å²) in [5.41, 5.74) is -0.264. The van der Waals surface area contributed by atoms with Gasteiger partial charge in [-0.25, -0.2) is 14.3 Å². The van der Waals surface area contributed by atoms with Crippen LogP contribution in [0.2, 0.25) is 0 Å². The smallest absolute Gasteiger partial charge is 0.365 e. The highest BCUT2D eigenvalue weighted by Gasteiger charge is 2.26. The van der Waals surface area contributed by atoms with Crippen molar-refractivity contribution in [3.8, 4) is 0 Å². The molecule has 0 amide bonds. The number of nitro groups is 1. The van der Waals surface area contributed by atoms with Gasteiger partial charge in [-0.05, 0) is 11.8 Å². The van der Waals surface area contributed by atoms with E-state index in [4.69, 9.17) is 0 Å². The summed E-state index contributed by atoms with van der Waals surface area (Å²) in [5, 5.41) is 10.5. The molecule has 1 aromatic heterocycles. The van der Waals surface area contributed by atoms with Crippen LogP contribution in [-0.4, -0.2) is 27.1 Å². The molecule has 7 nitrogen and oxygen atoms in total. The average Bonchev–Trinajstić information content (AvgIpc) is 2.47. The highest BCUT2D eigenvalue weighted by Crippen LogP contribution is 2.16. The van der Waals surface area contributed by atoms with Gasteiger partial charge in [-0.3, -0.25) is 0 Å². The number of ether oxygens (including phenoxy) is 1. The number of aromatic nitrogens is 2. The standard InChI is InChI=1S/C7H9N3O4/c1-3-14-7(11)5-6(10(12)13)9(2)4-8-5/h4H,3H2,1-2H3. The van der Waals surface area contributed by atoms with Gasteiger partial charge < -0.3 is 14.9 Å². The number of hydrogen-bond acceptors (Lipinski definition) is 5. The Kier molecular flexibility index (Phi) is 2.80. The topological polar surface area (TPSA) is 87.3 Å². The van der Waals surface area contributed by atoms with Gasteiger partial charge in [0.2, 0.25) is 5.69 Å². The van der Waals surface area contributed by atoms with Gasteiger partial charge in [0.05, 0.1) is 13.7 Å². The van der Waals surface area contributed by atoms with Gasteiger partial charge in [0.15, 0.2) is 6.33 Å². The Labute approximate surface area is 79.5 Å². The molecular formula is C7H9N3O4. The zero-order chi connectivity index (χ0) is 10.7. The number of imidazole rings is 1. The molecule has 0 aliphatic carbocycles. The van der Waals surface area contributed by atoms with Crippen LogP contribution in [0.15, 0.2) is 6.33 Å². The van der Waals surface area contributed by atoms with E-state index in [1.54, 1.807) is 6.92 Å². The minimum atomic E-state index is -0.778. The summed E-state index contributed by atoms with van der Waals surface area (Å²) in [4.78, 5) is 24.7. The molecule has 1 heterocycles. The van der Waals surface area contributed by atoms with Crippen LogP contribution in [0.4, 0.5) is 5.82 Å². The second kappa shape index (κ2) is 3.86. The SMILES string of the molecule is CCOC(=O)c1ncn(C)c1[N+](=O)[O-]. The summed E-state index contributed by atoms with van der Waals surface area (Å²) in [5.74, 6) is -1.14. The van der Waals surface area contributed by atoms with Crippen LogP contribution >= 0.6 is 0 Å². The number of aryl methyl sites for hydroxylation is 1. The number of hydrogen-bond donors (Lipinski definition) is 0. The Morgan fingerprint density at radius 1 is 1.79 bits per heavy atom.